The summed E-state index contributed by atoms with van der Waals surface area (Å²) in [5, 5.41) is 10.6. The van der Waals surface area contributed by atoms with Crippen LogP contribution in [0.25, 0.3) is 0 Å². The summed E-state index contributed by atoms with van der Waals surface area (Å²) in [7, 11) is -9.91. The normalized spacial score (nSPS) is 14.4. The molecule has 518 valence electrons. The van der Waals surface area contributed by atoms with Crippen molar-refractivity contribution in [3.05, 3.63) is 24.3 Å². The molecule has 0 aliphatic rings. The van der Waals surface area contributed by atoms with Gasteiger partial charge in [0.1, 0.15) is 19.3 Å². The lowest BCUT2D eigenvalue weighted by molar-refractivity contribution is -0.161. The Morgan fingerprint density at radius 3 is 0.932 bits per heavy atom. The van der Waals surface area contributed by atoms with E-state index < -0.39 is 97.5 Å². The minimum atomic E-state index is -4.96. The van der Waals surface area contributed by atoms with Crippen LogP contribution in [0.5, 0.6) is 0 Å². The van der Waals surface area contributed by atoms with Crippen molar-refractivity contribution in [1.82, 2.24) is 0 Å². The number of esters is 4. The van der Waals surface area contributed by atoms with E-state index in [2.05, 4.69) is 65.8 Å². The zero-order valence-corrected chi connectivity index (χ0v) is 58.3. The van der Waals surface area contributed by atoms with Gasteiger partial charge in [0.2, 0.25) is 0 Å². The van der Waals surface area contributed by atoms with Crippen molar-refractivity contribution in [3.63, 3.8) is 0 Å². The molecule has 0 rings (SSSR count). The number of phosphoric acid groups is 2. The Morgan fingerprint density at radius 1 is 0.352 bits per heavy atom. The number of ether oxygens (including phenoxy) is 4. The smallest absolute Gasteiger partial charge is 0.462 e. The second kappa shape index (κ2) is 60.8. The largest absolute Gasteiger partial charge is 0.472 e. The Bertz CT molecular complexity index is 1810. The van der Waals surface area contributed by atoms with Gasteiger partial charge >= 0.3 is 39.5 Å². The van der Waals surface area contributed by atoms with E-state index in [-0.39, 0.29) is 25.7 Å². The molecule has 3 N–H and O–H groups in total. The van der Waals surface area contributed by atoms with E-state index in [4.69, 9.17) is 37.0 Å². The molecule has 0 aliphatic heterocycles. The van der Waals surface area contributed by atoms with Crippen molar-refractivity contribution in [1.29, 1.82) is 0 Å². The van der Waals surface area contributed by atoms with Gasteiger partial charge in [0.05, 0.1) is 26.4 Å². The van der Waals surface area contributed by atoms with E-state index in [0.29, 0.717) is 25.7 Å². The van der Waals surface area contributed by atoms with Crippen molar-refractivity contribution in [3.8, 4) is 0 Å². The molecule has 0 radical (unpaired) electrons. The van der Waals surface area contributed by atoms with Gasteiger partial charge in [0.15, 0.2) is 12.2 Å². The summed E-state index contributed by atoms with van der Waals surface area (Å²) in [6.07, 6.45) is 48.0. The van der Waals surface area contributed by atoms with Gasteiger partial charge < -0.3 is 33.8 Å². The van der Waals surface area contributed by atoms with Crippen LogP contribution in [0.2, 0.25) is 0 Å². The predicted molar refractivity (Wildman–Crippen MR) is 354 cm³/mol. The van der Waals surface area contributed by atoms with Crippen molar-refractivity contribution >= 4 is 39.5 Å². The number of hydrogen-bond acceptors (Lipinski definition) is 15. The summed E-state index contributed by atoms with van der Waals surface area (Å²) in [4.78, 5) is 72.4. The highest BCUT2D eigenvalue weighted by Crippen LogP contribution is 2.45. The van der Waals surface area contributed by atoms with Crippen LogP contribution in [0, 0.1) is 11.8 Å². The summed E-state index contributed by atoms with van der Waals surface area (Å²) in [5.41, 5.74) is 0. The van der Waals surface area contributed by atoms with E-state index in [9.17, 15) is 43.2 Å². The first-order valence-electron chi connectivity index (χ1n) is 35.3. The highest BCUT2D eigenvalue weighted by Gasteiger charge is 2.30. The van der Waals surface area contributed by atoms with E-state index in [1.54, 1.807) is 0 Å². The lowest BCUT2D eigenvalue weighted by Crippen LogP contribution is -2.30. The highest BCUT2D eigenvalue weighted by molar-refractivity contribution is 7.47. The third-order valence-corrected chi connectivity index (χ3v) is 17.2. The fourth-order valence-electron chi connectivity index (χ4n) is 9.87. The fourth-order valence-corrected chi connectivity index (χ4v) is 11.5. The number of hydrogen-bond donors (Lipinski definition) is 3. The molecule has 19 heteroatoms. The molecule has 0 saturated heterocycles. The molecular formula is C69H130O17P2. The Balaban J connectivity index is 5.29. The van der Waals surface area contributed by atoms with Gasteiger partial charge in [-0.25, -0.2) is 9.13 Å². The average molecular weight is 1290 g/mol. The Labute approximate surface area is 535 Å². The lowest BCUT2D eigenvalue weighted by Gasteiger charge is -2.21. The van der Waals surface area contributed by atoms with Gasteiger partial charge in [0, 0.05) is 25.7 Å². The maximum absolute atomic E-state index is 13.0. The molecule has 0 fully saturated rings. The van der Waals surface area contributed by atoms with Gasteiger partial charge in [-0.3, -0.25) is 37.3 Å². The lowest BCUT2D eigenvalue weighted by atomic mass is 10.0. The van der Waals surface area contributed by atoms with E-state index in [1.165, 1.54) is 128 Å². The maximum atomic E-state index is 13.0. The highest BCUT2D eigenvalue weighted by atomic mass is 31.2. The van der Waals surface area contributed by atoms with Crippen LogP contribution in [0.1, 0.15) is 324 Å². The summed E-state index contributed by atoms with van der Waals surface area (Å²) < 4.78 is 68.2. The predicted octanol–water partition coefficient (Wildman–Crippen LogP) is 19.2. The summed E-state index contributed by atoms with van der Waals surface area (Å²) in [6.45, 7) is 9.40. The molecule has 0 aromatic carbocycles. The van der Waals surface area contributed by atoms with Gasteiger partial charge in [-0.15, -0.1) is 0 Å². The topological polar surface area (TPSA) is 237 Å². The SMILES string of the molecule is CCCCCC/C=C\C=C/CCCCCCCC(=O)O[C@H](COC(=O)CCCCCCCCCCCC(C)C)COP(=O)(O)OC[C@@H](O)COP(=O)(O)OC[C@@H](COC(=O)CCCCCCCCCCCC)OC(=O)CCCCCCCCCCC(C)C. The summed E-state index contributed by atoms with van der Waals surface area (Å²) >= 11 is 0. The first-order chi connectivity index (χ1) is 42.4. The number of unbranched alkanes of at least 4 members (excludes halogenated alkanes) is 33. The Kier molecular flexibility index (Phi) is 59.1. The number of rotatable bonds is 66. The first kappa shape index (κ1) is 85.5. The van der Waals surface area contributed by atoms with Crippen molar-refractivity contribution < 1.29 is 80.2 Å². The first-order valence-corrected chi connectivity index (χ1v) is 38.3. The van der Waals surface area contributed by atoms with Gasteiger partial charge in [-0.05, 0) is 63.2 Å². The number of phosphoric ester groups is 2. The number of aliphatic hydroxyl groups excluding tert-OH is 1. The van der Waals surface area contributed by atoms with Crippen LogP contribution in [0.3, 0.4) is 0 Å². The molecule has 0 heterocycles. The molecule has 0 aromatic heterocycles. The molecule has 0 bridgehead atoms. The third-order valence-electron chi connectivity index (χ3n) is 15.3. The molecule has 2 unspecified atom stereocenters. The quantitative estimate of drug-likeness (QED) is 0.0169. The number of allylic oxidation sites excluding steroid dienone is 4. The molecule has 0 amide bonds. The van der Waals surface area contributed by atoms with E-state index >= 15 is 0 Å². The van der Waals surface area contributed by atoms with Crippen molar-refractivity contribution in [2.45, 2.75) is 342 Å². The molecule has 0 spiro atoms. The molecule has 0 aromatic rings. The standard InChI is InChI=1S/C69H130O17P2/c1-7-9-11-13-15-17-19-20-21-22-23-27-35-41-47-53-68(73)85-64(57-80-67(72)52-46-40-34-28-24-25-31-37-43-49-61(3)4)59-83-87(75,76)81-55-63(70)56-82-88(77,78)84-60-65(58-79-66(71)51-45-39-33-26-18-16-14-12-10-8-2)86-69(74)54-48-42-36-30-29-32-38-44-50-62(5)6/h17,19-21,61-65,70H,7-16,18,22-60H2,1-6H3,(H,75,76)(H,77,78)/b19-17-,21-20-/t63-,64-,65-/m1/s1. The zero-order chi connectivity index (χ0) is 65.0. The molecule has 88 heavy (non-hydrogen) atoms. The van der Waals surface area contributed by atoms with Crippen LogP contribution in [0.4, 0.5) is 0 Å². The fraction of sp³-hybridized carbons (Fsp3) is 0.884. The van der Waals surface area contributed by atoms with Crippen molar-refractivity contribution in [2.75, 3.05) is 39.6 Å². The number of carbonyl (C=O) groups is 4. The van der Waals surface area contributed by atoms with Gasteiger partial charge in [0.25, 0.3) is 0 Å². The maximum Gasteiger partial charge on any atom is 0.472 e. The molecule has 5 atom stereocenters. The number of aliphatic hydroxyl groups is 1. The third kappa shape index (κ3) is 62.4. The van der Waals surface area contributed by atoms with Gasteiger partial charge in [-0.2, -0.15) is 0 Å². The summed E-state index contributed by atoms with van der Waals surface area (Å²) in [6, 6.07) is 0. The van der Waals surface area contributed by atoms with Crippen LogP contribution < -0.4 is 0 Å². The van der Waals surface area contributed by atoms with Crippen LogP contribution in [0.15, 0.2) is 24.3 Å². The Hall–Kier alpha value is -2.46. The Morgan fingerprint density at radius 2 is 0.614 bits per heavy atom. The second-order valence-corrected chi connectivity index (χ2v) is 28.1. The summed E-state index contributed by atoms with van der Waals surface area (Å²) in [5.74, 6) is -0.701. The van der Waals surface area contributed by atoms with Gasteiger partial charge in [-0.1, -0.05) is 271 Å². The zero-order valence-electron chi connectivity index (χ0n) is 56.5. The minimum Gasteiger partial charge on any atom is -0.462 e. The van der Waals surface area contributed by atoms with Crippen LogP contribution in [-0.4, -0.2) is 96.7 Å². The van der Waals surface area contributed by atoms with E-state index in [1.807, 2.05) is 0 Å². The monoisotopic (exact) mass is 1290 g/mol. The minimum absolute atomic E-state index is 0.0844. The van der Waals surface area contributed by atoms with Crippen molar-refractivity contribution in [2.24, 2.45) is 11.8 Å². The molecule has 0 aliphatic carbocycles. The second-order valence-electron chi connectivity index (χ2n) is 25.2. The van der Waals surface area contributed by atoms with E-state index in [0.717, 1.165) is 115 Å². The molecular weight excluding hydrogens is 1160 g/mol. The molecule has 17 nitrogen and oxygen atoms in total. The molecule has 0 saturated carbocycles. The van der Waals surface area contributed by atoms with Crippen LogP contribution in [-0.2, 0) is 65.4 Å². The number of carbonyl (C=O) groups excluding carboxylic acids is 4. The van der Waals surface area contributed by atoms with Crippen LogP contribution >= 0.6 is 15.6 Å². The average Bonchev–Trinajstić information content (AvgIpc) is 3.59.